The Morgan fingerprint density at radius 2 is 1.08 bits per heavy atom. The SMILES string of the molecule is c1ccc(N(c2cccc(-c3ccc4c5c(cccc35)-c3ccccc3-4)c2)c2cncc3ccccc23)cc1. The van der Waals surface area contributed by atoms with Crippen LogP contribution in [-0.4, -0.2) is 4.98 Å². The molecule has 7 aromatic rings. The highest BCUT2D eigenvalue weighted by Crippen LogP contribution is 2.49. The molecule has 0 spiro atoms. The van der Waals surface area contributed by atoms with Crippen LogP contribution in [0.3, 0.4) is 0 Å². The lowest BCUT2D eigenvalue weighted by Crippen LogP contribution is -2.10. The Morgan fingerprint density at radius 3 is 1.95 bits per heavy atom. The molecule has 1 heterocycles. The molecule has 2 heteroatoms. The zero-order valence-electron chi connectivity index (χ0n) is 21.3. The molecule has 0 fully saturated rings. The number of fused-ring (bicyclic) bond motifs is 4. The van der Waals surface area contributed by atoms with Crippen LogP contribution < -0.4 is 4.90 Å². The predicted octanol–water partition coefficient (Wildman–Crippen LogP) is 10.2. The van der Waals surface area contributed by atoms with Crippen LogP contribution in [0.2, 0.25) is 0 Å². The normalized spacial score (nSPS) is 11.6. The van der Waals surface area contributed by atoms with Crippen molar-refractivity contribution in [2.75, 3.05) is 4.90 Å². The van der Waals surface area contributed by atoms with Gasteiger partial charge in [-0.25, -0.2) is 0 Å². The van der Waals surface area contributed by atoms with E-state index in [0.717, 1.165) is 22.4 Å². The van der Waals surface area contributed by atoms with Crippen LogP contribution in [0.15, 0.2) is 146 Å². The molecule has 0 atom stereocenters. The zero-order valence-corrected chi connectivity index (χ0v) is 21.3. The first-order valence-electron chi connectivity index (χ1n) is 13.3. The number of hydrogen-bond acceptors (Lipinski definition) is 2. The summed E-state index contributed by atoms with van der Waals surface area (Å²) in [5, 5.41) is 4.93. The first-order valence-corrected chi connectivity index (χ1v) is 13.3. The number of para-hydroxylation sites is 1. The summed E-state index contributed by atoms with van der Waals surface area (Å²) >= 11 is 0. The second-order valence-corrected chi connectivity index (χ2v) is 10.0. The number of anilines is 3. The van der Waals surface area contributed by atoms with E-state index in [4.69, 9.17) is 0 Å². The Labute approximate surface area is 227 Å². The maximum Gasteiger partial charge on any atom is 0.0723 e. The third-order valence-corrected chi connectivity index (χ3v) is 7.87. The van der Waals surface area contributed by atoms with Crippen molar-refractivity contribution in [1.29, 1.82) is 0 Å². The monoisotopic (exact) mass is 496 g/mol. The molecular weight excluding hydrogens is 472 g/mol. The largest absolute Gasteiger partial charge is 0.308 e. The lowest BCUT2D eigenvalue weighted by molar-refractivity contribution is 1.25. The molecule has 0 N–H and O–H groups in total. The average molecular weight is 497 g/mol. The molecule has 1 aliphatic carbocycles. The van der Waals surface area contributed by atoms with Gasteiger partial charge in [0, 0.05) is 28.3 Å². The second kappa shape index (κ2) is 8.68. The van der Waals surface area contributed by atoms with Gasteiger partial charge in [-0.1, -0.05) is 109 Å². The fraction of sp³-hybridized carbons (Fsp3) is 0. The minimum atomic E-state index is 1.06. The highest BCUT2D eigenvalue weighted by molar-refractivity contribution is 6.18. The molecule has 0 unspecified atom stereocenters. The van der Waals surface area contributed by atoms with Gasteiger partial charge in [0.15, 0.2) is 0 Å². The van der Waals surface area contributed by atoms with Crippen molar-refractivity contribution in [3.8, 4) is 33.4 Å². The van der Waals surface area contributed by atoms with Crippen molar-refractivity contribution >= 4 is 38.6 Å². The van der Waals surface area contributed by atoms with Gasteiger partial charge in [0.2, 0.25) is 0 Å². The van der Waals surface area contributed by atoms with Crippen molar-refractivity contribution in [1.82, 2.24) is 4.98 Å². The van der Waals surface area contributed by atoms with Gasteiger partial charge in [-0.05, 0) is 68.4 Å². The minimum Gasteiger partial charge on any atom is -0.308 e. The summed E-state index contributed by atoms with van der Waals surface area (Å²) < 4.78 is 0. The van der Waals surface area contributed by atoms with E-state index in [1.54, 1.807) is 0 Å². The molecule has 182 valence electrons. The van der Waals surface area contributed by atoms with E-state index in [-0.39, 0.29) is 0 Å². The van der Waals surface area contributed by atoms with Gasteiger partial charge in [-0.2, -0.15) is 0 Å². The molecule has 0 saturated carbocycles. The van der Waals surface area contributed by atoms with Gasteiger partial charge >= 0.3 is 0 Å². The summed E-state index contributed by atoms with van der Waals surface area (Å²) in [6.45, 7) is 0. The summed E-state index contributed by atoms with van der Waals surface area (Å²) in [6, 6.07) is 47.9. The Balaban J connectivity index is 1.34. The van der Waals surface area contributed by atoms with Gasteiger partial charge in [-0.3, -0.25) is 4.98 Å². The maximum absolute atomic E-state index is 4.61. The van der Waals surface area contributed by atoms with Crippen molar-refractivity contribution in [3.63, 3.8) is 0 Å². The second-order valence-electron chi connectivity index (χ2n) is 10.0. The highest BCUT2D eigenvalue weighted by Gasteiger charge is 2.22. The molecular formula is C37H24N2. The number of pyridine rings is 1. The Bertz CT molecular complexity index is 1990. The number of aromatic nitrogens is 1. The number of nitrogens with zero attached hydrogens (tertiary/aromatic N) is 2. The van der Waals surface area contributed by atoms with Gasteiger partial charge in [0.1, 0.15) is 0 Å². The topological polar surface area (TPSA) is 16.1 Å². The summed E-state index contributed by atoms with van der Waals surface area (Å²) in [5.74, 6) is 0. The minimum absolute atomic E-state index is 1.06. The fourth-order valence-corrected chi connectivity index (χ4v) is 6.16. The van der Waals surface area contributed by atoms with E-state index >= 15 is 0 Å². The van der Waals surface area contributed by atoms with Gasteiger partial charge in [0.05, 0.1) is 11.9 Å². The molecule has 39 heavy (non-hydrogen) atoms. The fourth-order valence-electron chi connectivity index (χ4n) is 6.16. The maximum atomic E-state index is 4.61. The van der Waals surface area contributed by atoms with Crippen molar-refractivity contribution in [2.45, 2.75) is 0 Å². The van der Waals surface area contributed by atoms with Crippen LogP contribution in [0.25, 0.3) is 54.9 Å². The van der Waals surface area contributed by atoms with E-state index in [9.17, 15) is 0 Å². The molecule has 6 aromatic carbocycles. The molecule has 1 aliphatic rings. The summed E-state index contributed by atoms with van der Waals surface area (Å²) in [6.07, 6.45) is 3.90. The summed E-state index contributed by atoms with van der Waals surface area (Å²) in [4.78, 5) is 6.92. The van der Waals surface area contributed by atoms with Crippen LogP contribution in [0.4, 0.5) is 17.1 Å². The Hall–Kier alpha value is -5.21. The Kier molecular flexibility index (Phi) is 4.86. The third kappa shape index (κ3) is 3.39. The van der Waals surface area contributed by atoms with Crippen LogP contribution in [0.5, 0.6) is 0 Å². The third-order valence-electron chi connectivity index (χ3n) is 7.87. The molecule has 0 aliphatic heterocycles. The molecule has 0 amide bonds. The quantitative estimate of drug-likeness (QED) is 0.241. The lowest BCUT2D eigenvalue weighted by Gasteiger charge is -2.27. The standard InChI is InChI=1S/C37H24N2/c1-2-12-27(13-3-1)39(36-24-38-23-26-10-4-5-15-30(26)36)28-14-8-11-25(22-28)29-20-21-35-32-17-7-6-16-31(32)34-19-9-18-33(29)37(34)35/h1-24H. The van der Waals surface area contributed by atoms with Crippen LogP contribution in [0.1, 0.15) is 0 Å². The predicted molar refractivity (Wildman–Crippen MR) is 164 cm³/mol. The molecule has 0 bridgehead atoms. The highest BCUT2D eigenvalue weighted by atomic mass is 15.1. The lowest BCUT2D eigenvalue weighted by atomic mass is 9.94. The van der Waals surface area contributed by atoms with Crippen molar-refractivity contribution < 1.29 is 0 Å². The molecule has 0 radical (unpaired) electrons. The molecule has 2 nitrogen and oxygen atoms in total. The van der Waals surface area contributed by atoms with Gasteiger partial charge < -0.3 is 4.90 Å². The average Bonchev–Trinajstić information content (AvgIpc) is 3.34. The van der Waals surface area contributed by atoms with E-state index < -0.39 is 0 Å². The van der Waals surface area contributed by atoms with Crippen molar-refractivity contribution in [3.05, 3.63) is 146 Å². The Morgan fingerprint density at radius 1 is 0.436 bits per heavy atom. The number of benzene rings is 6. The zero-order chi connectivity index (χ0) is 25.8. The van der Waals surface area contributed by atoms with Crippen LogP contribution >= 0.6 is 0 Å². The van der Waals surface area contributed by atoms with Crippen molar-refractivity contribution in [2.24, 2.45) is 0 Å². The van der Waals surface area contributed by atoms with Crippen LogP contribution in [-0.2, 0) is 0 Å². The number of rotatable bonds is 4. The molecule has 8 rings (SSSR count). The first kappa shape index (κ1) is 21.8. The van der Waals surface area contributed by atoms with E-state index in [0.29, 0.717) is 0 Å². The van der Waals surface area contributed by atoms with E-state index in [1.807, 2.05) is 12.4 Å². The summed E-state index contributed by atoms with van der Waals surface area (Å²) in [5.41, 5.74) is 11.0. The molecule has 1 aromatic heterocycles. The van der Waals surface area contributed by atoms with Gasteiger partial charge in [-0.15, -0.1) is 0 Å². The number of hydrogen-bond donors (Lipinski definition) is 0. The first-order chi connectivity index (χ1) is 19.4. The molecule has 0 saturated heterocycles. The van der Waals surface area contributed by atoms with E-state index in [2.05, 4.69) is 143 Å². The van der Waals surface area contributed by atoms with E-state index in [1.165, 1.54) is 49.5 Å². The summed E-state index contributed by atoms with van der Waals surface area (Å²) in [7, 11) is 0. The van der Waals surface area contributed by atoms with Crippen LogP contribution in [0, 0.1) is 0 Å². The smallest absolute Gasteiger partial charge is 0.0723 e. The van der Waals surface area contributed by atoms with Gasteiger partial charge in [0.25, 0.3) is 0 Å².